The fourth-order valence-corrected chi connectivity index (χ4v) is 3.97. The Hall–Kier alpha value is -1.40. The van der Waals surface area contributed by atoms with E-state index in [1.807, 2.05) is 0 Å². The van der Waals surface area contributed by atoms with E-state index in [1.54, 1.807) is 6.07 Å². The SMILES string of the molecule is CC(C)N1CCC(N2CCC[C@@H](C(=O)NCc3ccon3)C2)CC1. The van der Waals surface area contributed by atoms with Gasteiger partial charge in [-0.1, -0.05) is 5.16 Å². The minimum absolute atomic E-state index is 0.105. The van der Waals surface area contributed by atoms with Crippen LogP contribution < -0.4 is 5.32 Å². The Morgan fingerprint density at radius 1 is 1.33 bits per heavy atom. The number of hydrogen-bond donors (Lipinski definition) is 1. The molecule has 0 spiro atoms. The lowest BCUT2D eigenvalue weighted by atomic mass is 9.93. The zero-order valence-electron chi connectivity index (χ0n) is 14.9. The van der Waals surface area contributed by atoms with Crippen molar-refractivity contribution in [3.05, 3.63) is 18.0 Å². The largest absolute Gasteiger partial charge is 0.364 e. The average Bonchev–Trinajstić information content (AvgIpc) is 3.13. The highest BCUT2D eigenvalue weighted by molar-refractivity contribution is 5.78. The molecule has 2 aliphatic rings. The van der Waals surface area contributed by atoms with Crippen molar-refractivity contribution in [2.45, 2.75) is 58.2 Å². The molecule has 0 aliphatic carbocycles. The second kappa shape index (κ2) is 8.12. The van der Waals surface area contributed by atoms with Crippen LogP contribution in [0.4, 0.5) is 0 Å². The highest BCUT2D eigenvalue weighted by Gasteiger charge is 2.31. The van der Waals surface area contributed by atoms with E-state index in [0.29, 0.717) is 18.6 Å². The molecule has 24 heavy (non-hydrogen) atoms. The molecule has 3 rings (SSSR count). The predicted octanol–water partition coefficient (Wildman–Crippen LogP) is 1.88. The van der Waals surface area contributed by atoms with Crippen LogP contribution in [-0.2, 0) is 11.3 Å². The number of carbonyl (C=O) groups excluding carboxylic acids is 1. The van der Waals surface area contributed by atoms with Gasteiger partial charge >= 0.3 is 0 Å². The number of amides is 1. The Balaban J connectivity index is 1.46. The van der Waals surface area contributed by atoms with E-state index in [9.17, 15) is 4.79 Å². The van der Waals surface area contributed by atoms with Gasteiger partial charge in [-0.25, -0.2) is 0 Å². The van der Waals surface area contributed by atoms with Gasteiger partial charge in [-0.2, -0.15) is 0 Å². The maximum atomic E-state index is 12.5. The van der Waals surface area contributed by atoms with Crippen molar-refractivity contribution >= 4 is 5.91 Å². The third kappa shape index (κ3) is 4.36. The summed E-state index contributed by atoms with van der Waals surface area (Å²) in [5.74, 6) is 0.260. The summed E-state index contributed by atoms with van der Waals surface area (Å²) in [4.78, 5) is 17.6. The van der Waals surface area contributed by atoms with Crippen LogP contribution in [0.5, 0.6) is 0 Å². The Bertz CT molecular complexity index is 509. The van der Waals surface area contributed by atoms with Crippen LogP contribution in [0.2, 0.25) is 0 Å². The van der Waals surface area contributed by atoms with E-state index in [2.05, 4.69) is 34.1 Å². The number of carbonyl (C=O) groups is 1. The smallest absolute Gasteiger partial charge is 0.224 e. The van der Waals surface area contributed by atoms with Gasteiger partial charge < -0.3 is 14.7 Å². The van der Waals surface area contributed by atoms with Crippen molar-refractivity contribution < 1.29 is 9.32 Å². The topological polar surface area (TPSA) is 61.6 Å². The molecule has 2 saturated heterocycles. The number of rotatable bonds is 5. The van der Waals surface area contributed by atoms with Crippen molar-refractivity contribution in [1.29, 1.82) is 0 Å². The van der Waals surface area contributed by atoms with Crippen molar-refractivity contribution in [1.82, 2.24) is 20.3 Å². The number of likely N-dealkylation sites (tertiary alicyclic amines) is 2. The summed E-state index contributed by atoms with van der Waals surface area (Å²) in [5, 5.41) is 6.84. The molecule has 0 saturated carbocycles. The van der Waals surface area contributed by atoms with Crippen molar-refractivity contribution in [3.8, 4) is 0 Å². The number of hydrogen-bond acceptors (Lipinski definition) is 5. The lowest BCUT2D eigenvalue weighted by Gasteiger charge is -2.43. The number of nitrogens with one attached hydrogen (secondary N) is 1. The molecule has 3 heterocycles. The fourth-order valence-electron chi connectivity index (χ4n) is 3.97. The third-order valence-corrected chi connectivity index (χ3v) is 5.50. The molecule has 1 aromatic heterocycles. The van der Waals surface area contributed by atoms with Crippen molar-refractivity contribution in [3.63, 3.8) is 0 Å². The van der Waals surface area contributed by atoms with Gasteiger partial charge in [0.05, 0.1) is 12.5 Å². The highest BCUT2D eigenvalue weighted by Crippen LogP contribution is 2.24. The van der Waals surface area contributed by atoms with Gasteiger partial charge in [-0.15, -0.1) is 0 Å². The Morgan fingerprint density at radius 3 is 2.79 bits per heavy atom. The van der Waals surface area contributed by atoms with E-state index in [1.165, 1.54) is 32.2 Å². The molecular weight excluding hydrogens is 304 g/mol. The molecule has 1 aromatic rings. The molecule has 0 radical (unpaired) electrons. The molecule has 6 heteroatoms. The van der Waals surface area contributed by atoms with Crippen LogP contribution in [0, 0.1) is 5.92 Å². The molecule has 1 N–H and O–H groups in total. The zero-order chi connectivity index (χ0) is 16.9. The highest BCUT2D eigenvalue weighted by atomic mass is 16.5. The molecule has 0 bridgehead atoms. The first kappa shape index (κ1) is 17.4. The van der Waals surface area contributed by atoms with E-state index >= 15 is 0 Å². The number of nitrogens with zero attached hydrogens (tertiary/aromatic N) is 3. The van der Waals surface area contributed by atoms with Crippen LogP contribution in [-0.4, -0.2) is 59.1 Å². The zero-order valence-corrected chi connectivity index (χ0v) is 14.9. The maximum absolute atomic E-state index is 12.5. The molecule has 0 aromatic carbocycles. The summed E-state index contributed by atoms with van der Waals surface area (Å²) in [7, 11) is 0. The van der Waals surface area contributed by atoms with Crippen LogP contribution in [0.15, 0.2) is 16.9 Å². The molecular formula is C18H30N4O2. The molecule has 134 valence electrons. The minimum atomic E-state index is 0.105. The van der Waals surface area contributed by atoms with E-state index in [4.69, 9.17) is 4.52 Å². The van der Waals surface area contributed by atoms with E-state index in [0.717, 1.165) is 31.6 Å². The minimum Gasteiger partial charge on any atom is -0.364 e. The standard InChI is InChI=1S/C18H30N4O2/c1-14(2)21-9-5-17(6-10-21)22-8-3-4-15(13-22)18(23)19-12-16-7-11-24-20-16/h7,11,14-15,17H,3-6,8-10,12-13H2,1-2H3,(H,19,23)/t15-/m1/s1. The lowest BCUT2D eigenvalue weighted by molar-refractivity contribution is -0.127. The molecule has 0 unspecified atom stereocenters. The monoisotopic (exact) mass is 334 g/mol. The van der Waals surface area contributed by atoms with Gasteiger partial charge in [0.2, 0.25) is 5.91 Å². The molecule has 1 atom stereocenters. The van der Waals surface area contributed by atoms with Gasteiger partial charge in [0.15, 0.2) is 0 Å². The first-order valence-corrected chi connectivity index (χ1v) is 9.28. The van der Waals surface area contributed by atoms with Crippen LogP contribution in [0.25, 0.3) is 0 Å². The molecule has 2 fully saturated rings. The van der Waals surface area contributed by atoms with Gasteiger partial charge in [0.1, 0.15) is 12.0 Å². The third-order valence-electron chi connectivity index (χ3n) is 5.50. The van der Waals surface area contributed by atoms with Crippen molar-refractivity contribution in [2.24, 2.45) is 5.92 Å². The van der Waals surface area contributed by atoms with Crippen molar-refractivity contribution in [2.75, 3.05) is 26.2 Å². The van der Waals surface area contributed by atoms with E-state index < -0.39 is 0 Å². The van der Waals surface area contributed by atoms with Gasteiger partial charge in [-0.3, -0.25) is 9.69 Å². The lowest BCUT2D eigenvalue weighted by Crippen LogP contribution is -2.51. The van der Waals surface area contributed by atoms with Crippen LogP contribution in [0.1, 0.15) is 45.2 Å². The van der Waals surface area contributed by atoms with Gasteiger partial charge in [0.25, 0.3) is 0 Å². The first-order chi connectivity index (χ1) is 11.6. The molecule has 6 nitrogen and oxygen atoms in total. The first-order valence-electron chi connectivity index (χ1n) is 9.28. The van der Waals surface area contributed by atoms with Crippen LogP contribution in [0.3, 0.4) is 0 Å². The average molecular weight is 334 g/mol. The van der Waals surface area contributed by atoms with Gasteiger partial charge in [0, 0.05) is 24.7 Å². The predicted molar refractivity (Wildman–Crippen MR) is 92.4 cm³/mol. The summed E-state index contributed by atoms with van der Waals surface area (Å²) in [5.41, 5.74) is 0.775. The maximum Gasteiger partial charge on any atom is 0.224 e. The normalized spacial score (nSPS) is 24.4. The number of aromatic nitrogens is 1. The number of piperidine rings is 2. The Labute approximate surface area is 144 Å². The Kier molecular flexibility index (Phi) is 5.89. The van der Waals surface area contributed by atoms with Gasteiger partial charge in [-0.05, 0) is 59.2 Å². The van der Waals surface area contributed by atoms with E-state index in [-0.39, 0.29) is 11.8 Å². The summed E-state index contributed by atoms with van der Waals surface area (Å²) >= 11 is 0. The quantitative estimate of drug-likeness (QED) is 0.891. The summed E-state index contributed by atoms with van der Waals surface area (Å²) in [6.07, 6.45) is 6.10. The summed E-state index contributed by atoms with van der Waals surface area (Å²) in [6, 6.07) is 3.07. The Morgan fingerprint density at radius 2 is 2.12 bits per heavy atom. The second-order valence-corrected chi connectivity index (χ2v) is 7.40. The summed E-state index contributed by atoms with van der Waals surface area (Å²) < 4.78 is 4.80. The molecule has 2 aliphatic heterocycles. The molecule has 1 amide bonds. The summed E-state index contributed by atoms with van der Waals surface area (Å²) in [6.45, 7) is 9.41. The van der Waals surface area contributed by atoms with Crippen LogP contribution >= 0.6 is 0 Å². The second-order valence-electron chi connectivity index (χ2n) is 7.40. The fraction of sp³-hybridized carbons (Fsp3) is 0.778.